The van der Waals surface area contributed by atoms with E-state index in [0.717, 1.165) is 31.2 Å². The molecule has 1 saturated carbocycles. The highest BCUT2D eigenvalue weighted by molar-refractivity contribution is 5.82. The van der Waals surface area contributed by atoms with Crippen molar-refractivity contribution in [3.8, 4) is 22.3 Å². The molecule has 5 rings (SSSR count). The van der Waals surface area contributed by atoms with Crippen LogP contribution >= 0.6 is 0 Å². The van der Waals surface area contributed by atoms with Gasteiger partial charge in [-0.1, -0.05) is 55.7 Å². The average Bonchev–Trinajstić information content (AvgIpc) is 3.13. The smallest absolute Gasteiger partial charge is 0.167 e. The summed E-state index contributed by atoms with van der Waals surface area (Å²) in [4.78, 5) is 0. The molecule has 0 aromatic heterocycles. The second-order valence-electron chi connectivity index (χ2n) is 9.21. The predicted octanol–water partition coefficient (Wildman–Crippen LogP) is 8.08. The van der Waals surface area contributed by atoms with Gasteiger partial charge in [0.2, 0.25) is 0 Å². The van der Waals surface area contributed by atoms with Crippen molar-refractivity contribution in [1.82, 2.24) is 0 Å². The van der Waals surface area contributed by atoms with Crippen LogP contribution in [-0.4, -0.2) is 0 Å². The number of halogens is 4. The molecule has 31 heavy (non-hydrogen) atoms. The van der Waals surface area contributed by atoms with Crippen LogP contribution in [0.5, 0.6) is 0 Å². The Morgan fingerprint density at radius 1 is 0.710 bits per heavy atom. The van der Waals surface area contributed by atoms with Crippen LogP contribution < -0.4 is 0 Å². The van der Waals surface area contributed by atoms with Crippen molar-refractivity contribution >= 4 is 0 Å². The third kappa shape index (κ3) is 3.28. The van der Waals surface area contributed by atoms with Gasteiger partial charge in [-0.25, -0.2) is 17.6 Å². The topological polar surface area (TPSA) is 0 Å². The standard InChI is InChI=1S/C27H24F4/c1-14-3-7-16(8-4-14)20-12-18-11-19-13-21(17-9-5-15(2)6-10-17)25(29)27(31)23(19)22(18)26(30)24(20)28/h3-4,7-8,12-13,15,17H,5-6,9-11H2,1-2H3. The van der Waals surface area contributed by atoms with Crippen LogP contribution in [0.25, 0.3) is 22.3 Å². The second kappa shape index (κ2) is 7.51. The first-order valence-corrected chi connectivity index (χ1v) is 10.9. The fourth-order valence-corrected chi connectivity index (χ4v) is 5.22. The summed E-state index contributed by atoms with van der Waals surface area (Å²) in [7, 11) is 0. The van der Waals surface area contributed by atoms with Gasteiger partial charge in [0.25, 0.3) is 0 Å². The van der Waals surface area contributed by atoms with E-state index in [1.165, 1.54) is 0 Å². The van der Waals surface area contributed by atoms with Gasteiger partial charge in [0.1, 0.15) is 0 Å². The Balaban J connectivity index is 1.61. The monoisotopic (exact) mass is 424 g/mol. The maximum absolute atomic E-state index is 15.2. The second-order valence-corrected chi connectivity index (χ2v) is 9.21. The number of fused-ring (bicyclic) bond motifs is 3. The first-order chi connectivity index (χ1) is 14.8. The van der Waals surface area contributed by atoms with Crippen molar-refractivity contribution in [3.63, 3.8) is 0 Å². The molecule has 0 saturated heterocycles. The zero-order valence-corrected chi connectivity index (χ0v) is 17.7. The Hall–Kier alpha value is -2.62. The molecule has 2 aliphatic carbocycles. The van der Waals surface area contributed by atoms with Crippen LogP contribution in [0.2, 0.25) is 0 Å². The number of hydrogen-bond acceptors (Lipinski definition) is 0. The third-order valence-corrected chi connectivity index (χ3v) is 7.05. The normalized spacial score (nSPS) is 19.9. The zero-order valence-electron chi connectivity index (χ0n) is 17.7. The molecule has 0 bridgehead atoms. The van der Waals surface area contributed by atoms with E-state index >= 15 is 13.2 Å². The highest BCUT2D eigenvalue weighted by Gasteiger charge is 2.34. The van der Waals surface area contributed by atoms with Gasteiger partial charge in [-0.2, -0.15) is 0 Å². The van der Waals surface area contributed by atoms with Crippen LogP contribution in [0.1, 0.15) is 60.8 Å². The summed E-state index contributed by atoms with van der Waals surface area (Å²) in [6, 6.07) is 10.4. The highest BCUT2D eigenvalue weighted by Crippen LogP contribution is 2.47. The first kappa shape index (κ1) is 20.3. The molecule has 0 spiro atoms. The van der Waals surface area contributed by atoms with E-state index in [2.05, 4.69) is 6.92 Å². The summed E-state index contributed by atoms with van der Waals surface area (Å²) in [6.07, 6.45) is 3.90. The summed E-state index contributed by atoms with van der Waals surface area (Å²) in [5.41, 5.74) is 2.89. The molecule has 0 aliphatic heterocycles. The van der Waals surface area contributed by atoms with Crippen LogP contribution in [-0.2, 0) is 6.42 Å². The number of hydrogen-bond donors (Lipinski definition) is 0. The molecular formula is C27H24F4. The number of benzene rings is 3. The molecule has 1 fully saturated rings. The molecule has 0 radical (unpaired) electrons. The lowest BCUT2D eigenvalue weighted by Crippen LogP contribution is -2.13. The third-order valence-electron chi connectivity index (χ3n) is 7.05. The van der Waals surface area contributed by atoms with Gasteiger partial charge in [-0.3, -0.25) is 0 Å². The van der Waals surface area contributed by atoms with Crippen LogP contribution in [0.4, 0.5) is 17.6 Å². The molecule has 160 valence electrons. The van der Waals surface area contributed by atoms with E-state index in [1.807, 2.05) is 19.1 Å². The molecule has 2 aliphatic rings. The van der Waals surface area contributed by atoms with E-state index in [-0.39, 0.29) is 29.0 Å². The Labute approximate surface area is 179 Å². The molecule has 0 amide bonds. The summed E-state index contributed by atoms with van der Waals surface area (Å²) < 4.78 is 60.4. The molecule has 0 atom stereocenters. The van der Waals surface area contributed by atoms with Crippen molar-refractivity contribution in [2.75, 3.05) is 0 Å². The zero-order chi connectivity index (χ0) is 21.9. The average molecular weight is 424 g/mol. The lowest BCUT2D eigenvalue weighted by molar-refractivity contribution is 0.339. The Morgan fingerprint density at radius 3 is 1.94 bits per heavy atom. The van der Waals surface area contributed by atoms with Gasteiger partial charge in [-0.05, 0) is 66.3 Å². The Kier molecular flexibility index (Phi) is 4.91. The molecule has 0 N–H and O–H groups in total. The van der Waals surface area contributed by atoms with Gasteiger partial charge in [0.15, 0.2) is 23.3 Å². The largest absolute Gasteiger partial charge is 0.203 e. The fraction of sp³-hybridized carbons (Fsp3) is 0.333. The summed E-state index contributed by atoms with van der Waals surface area (Å²) in [6.45, 7) is 4.09. The van der Waals surface area contributed by atoms with Crippen molar-refractivity contribution < 1.29 is 17.6 Å². The first-order valence-electron chi connectivity index (χ1n) is 10.9. The minimum absolute atomic E-state index is 0.0237. The summed E-state index contributed by atoms with van der Waals surface area (Å²) in [5, 5.41) is 0. The van der Waals surface area contributed by atoms with Gasteiger partial charge >= 0.3 is 0 Å². The van der Waals surface area contributed by atoms with Gasteiger partial charge in [0, 0.05) is 16.7 Å². The van der Waals surface area contributed by atoms with Crippen molar-refractivity contribution in [1.29, 1.82) is 0 Å². The number of aryl methyl sites for hydroxylation is 1. The van der Waals surface area contributed by atoms with Crippen LogP contribution in [0, 0.1) is 36.1 Å². The predicted molar refractivity (Wildman–Crippen MR) is 115 cm³/mol. The van der Waals surface area contributed by atoms with E-state index < -0.39 is 23.3 Å². The molecular weight excluding hydrogens is 400 g/mol. The van der Waals surface area contributed by atoms with Crippen molar-refractivity contribution in [2.24, 2.45) is 5.92 Å². The quantitative estimate of drug-likeness (QED) is 0.285. The summed E-state index contributed by atoms with van der Waals surface area (Å²) in [5.74, 6) is -3.52. The van der Waals surface area contributed by atoms with E-state index in [9.17, 15) is 4.39 Å². The van der Waals surface area contributed by atoms with Crippen molar-refractivity contribution in [2.45, 2.75) is 51.9 Å². The minimum atomic E-state index is -1.11. The van der Waals surface area contributed by atoms with Gasteiger partial charge in [0.05, 0.1) is 0 Å². The molecule has 0 heterocycles. The molecule has 0 unspecified atom stereocenters. The highest BCUT2D eigenvalue weighted by atomic mass is 19.2. The van der Waals surface area contributed by atoms with Crippen LogP contribution in [0.15, 0.2) is 36.4 Å². The van der Waals surface area contributed by atoms with E-state index in [0.29, 0.717) is 28.2 Å². The summed E-state index contributed by atoms with van der Waals surface area (Å²) >= 11 is 0. The van der Waals surface area contributed by atoms with Gasteiger partial charge < -0.3 is 0 Å². The maximum atomic E-state index is 15.2. The van der Waals surface area contributed by atoms with Crippen molar-refractivity contribution in [3.05, 3.63) is 81.9 Å². The fourth-order valence-electron chi connectivity index (χ4n) is 5.22. The maximum Gasteiger partial charge on any atom is 0.167 e. The minimum Gasteiger partial charge on any atom is -0.203 e. The lowest BCUT2D eigenvalue weighted by Gasteiger charge is -2.27. The Bertz CT molecular complexity index is 1170. The lowest BCUT2D eigenvalue weighted by atomic mass is 9.78. The van der Waals surface area contributed by atoms with E-state index in [1.54, 1.807) is 24.3 Å². The van der Waals surface area contributed by atoms with Crippen LogP contribution in [0.3, 0.4) is 0 Å². The SMILES string of the molecule is Cc1ccc(-c2cc3c(c(F)c2F)-c2c(cc(C4CCC(C)CC4)c(F)c2F)C3)cc1. The molecule has 3 aromatic rings. The van der Waals surface area contributed by atoms with E-state index in [4.69, 9.17) is 0 Å². The molecule has 4 heteroatoms. The number of rotatable bonds is 2. The molecule has 0 nitrogen and oxygen atoms in total. The Morgan fingerprint density at radius 2 is 1.29 bits per heavy atom. The van der Waals surface area contributed by atoms with Gasteiger partial charge in [-0.15, -0.1) is 0 Å². The molecule has 3 aromatic carbocycles.